The van der Waals surface area contributed by atoms with Gasteiger partial charge >= 0.3 is 0 Å². The van der Waals surface area contributed by atoms with Crippen molar-refractivity contribution in [3.63, 3.8) is 0 Å². The Hall–Kier alpha value is -2.73. The summed E-state index contributed by atoms with van der Waals surface area (Å²) in [5.74, 6) is 0.456. The highest BCUT2D eigenvalue weighted by Gasteiger charge is 2.30. The second-order valence-corrected chi connectivity index (χ2v) is 6.63. The third kappa shape index (κ3) is 4.17. The maximum atomic E-state index is 12.1. The van der Waals surface area contributed by atoms with Gasteiger partial charge in [-0.05, 0) is 49.1 Å². The maximum absolute atomic E-state index is 12.1. The van der Waals surface area contributed by atoms with E-state index in [-0.39, 0.29) is 18.3 Å². The van der Waals surface area contributed by atoms with E-state index in [1.165, 1.54) is 29.7 Å². The first-order valence-electron chi connectivity index (χ1n) is 8.89. The molecule has 0 aliphatic heterocycles. The van der Waals surface area contributed by atoms with E-state index in [9.17, 15) is 4.79 Å². The van der Waals surface area contributed by atoms with Crippen molar-refractivity contribution >= 4 is 18.3 Å². The fourth-order valence-electron chi connectivity index (χ4n) is 3.22. The molecule has 1 fully saturated rings. The molecule has 0 aromatic carbocycles. The molecule has 1 N–H and O–H groups in total. The molecule has 7 heteroatoms. The predicted octanol–water partition coefficient (Wildman–Crippen LogP) is 3.38. The number of pyridine rings is 2. The highest BCUT2D eigenvalue weighted by atomic mass is 35.5. The van der Waals surface area contributed by atoms with Crippen LogP contribution in [0.5, 0.6) is 0 Å². The van der Waals surface area contributed by atoms with Crippen LogP contribution in [0.1, 0.15) is 40.4 Å². The van der Waals surface area contributed by atoms with E-state index < -0.39 is 0 Å². The summed E-state index contributed by atoms with van der Waals surface area (Å²) in [5, 5.41) is 7.54. The summed E-state index contributed by atoms with van der Waals surface area (Å²) in [6.45, 7) is 3.26. The van der Waals surface area contributed by atoms with Crippen LogP contribution in [0.25, 0.3) is 11.1 Å². The topological polar surface area (TPSA) is 72.7 Å². The lowest BCUT2D eigenvalue weighted by Gasteiger charge is -2.11. The van der Waals surface area contributed by atoms with Gasteiger partial charge in [0.2, 0.25) is 0 Å². The molecule has 4 rings (SSSR count). The lowest BCUT2D eigenvalue weighted by Crippen LogP contribution is -2.28. The Morgan fingerprint density at radius 2 is 1.96 bits per heavy atom. The van der Waals surface area contributed by atoms with Gasteiger partial charge in [-0.25, -0.2) is 0 Å². The summed E-state index contributed by atoms with van der Waals surface area (Å²) in [7, 11) is 0. The molecule has 0 radical (unpaired) electrons. The predicted molar refractivity (Wildman–Crippen MR) is 106 cm³/mol. The molecule has 1 amide bonds. The van der Waals surface area contributed by atoms with Gasteiger partial charge in [0, 0.05) is 48.5 Å². The number of aryl methyl sites for hydroxylation is 1. The van der Waals surface area contributed by atoms with Gasteiger partial charge in [-0.2, -0.15) is 5.10 Å². The lowest BCUT2D eigenvalue weighted by molar-refractivity contribution is 0.0951. The van der Waals surface area contributed by atoms with Gasteiger partial charge in [-0.3, -0.25) is 19.4 Å². The second kappa shape index (κ2) is 8.31. The van der Waals surface area contributed by atoms with E-state index in [1.807, 2.05) is 29.3 Å². The number of carbonyl (C=O) groups is 1. The molecule has 0 bridgehead atoms. The first-order chi connectivity index (χ1) is 12.7. The summed E-state index contributed by atoms with van der Waals surface area (Å²) in [5.41, 5.74) is 5.37. The number of nitrogens with zero attached hydrogens (tertiary/aromatic N) is 4. The van der Waals surface area contributed by atoms with Gasteiger partial charge in [0.25, 0.3) is 5.91 Å². The largest absolute Gasteiger partial charge is 0.350 e. The smallest absolute Gasteiger partial charge is 0.252 e. The third-order valence-electron chi connectivity index (χ3n) is 4.69. The monoisotopic (exact) mass is 383 g/mol. The van der Waals surface area contributed by atoms with Crippen LogP contribution >= 0.6 is 12.4 Å². The summed E-state index contributed by atoms with van der Waals surface area (Å²) < 4.78 is 2.04. The van der Waals surface area contributed by atoms with Crippen LogP contribution < -0.4 is 5.32 Å². The standard InChI is InChI=1S/C20H21N5O.ClH/c1-14-11-22-8-6-17(14)18-13-24-25(19(18)15-4-5-15)10-9-23-20(26)16-3-2-7-21-12-16;/h2-3,6-8,11-13,15H,4-5,9-10H2,1H3,(H,23,26);1H. The van der Waals surface area contributed by atoms with Crippen LogP contribution in [0, 0.1) is 6.92 Å². The number of nitrogens with one attached hydrogen (secondary N) is 1. The Balaban J connectivity index is 0.00000210. The van der Waals surface area contributed by atoms with Crippen molar-refractivity contribution in [3.8, 4) is 11.1 Å². The second-order valence-electron chi connectivity index (χ2n) is 6.63. The van der Waals surface area contributed by atoms with E-state index in [0.717, 1.165) is 5.56 Å². The van der Waals surface area contributed by atoms with Crippen molar-refractivity contribution in [2.45, 2.75) is 32.2 Å². The third-order valence-corrected chi connectivity index (χ3v) is 4.69. The van der Waals surface area contributed by atoms with Crippen molar-refractivity contribution in [2.24, 2.45) is 0 Å². The maximum Gasteiger partial charge on any atom is 0.252 e. The van der Waals surface area contributed by atoms with Crippen LogP contribution in [0.3, 0.4) is 0 Å². The summed E-state index contributed by atoms with van der Waals surface area (Å²) in [6, 6.07) is 5.57. The van der Waals surface area contributed by atoms with Gasteiger partial charge in [0.15, 0.2) is 0 Å². The molecule has 1 saturated carbocycles. The highest BCUT2D eigenvalue weighted by Crippen LogP contribution is 2.44. The minimum atomic E-state index is -0.108. The van der Waals surface area contributed by atoms with Gasteiger partial charge in [0.05, 0.1) is 18.3 Å². The van der Waals surface area contributed by atoms with E-state index in [1.54, 1.807) is 24.5 Å². The molecule has 140 valence electrons. The van der Waals surface area contributed by atoms with Crippen molar-refractivity contribution < 1.29 is 4.79 Å². The van der Waals surface area contributed by atoms with Crippen LogP contribution in [-0.2, 0) is 6.54 Å². The summed E-state index contributed by atoms with van der Waals surface area (Å²) in [4.78, 5) is 20.3. The van der Waals surface area contributed by atoms with Gasteiger partial charge in [-0.1, -0.05) is 0 Å². The Bertz CT molecular complexity index is 921. The molecule has 0 spiro atoms. The van der Waals surface area contributed by atoms with Gasteiger partial charge in [0.1, 0.15) is 0 Å². The number of rotatable bonds is 6. The van der Waals surface area contributed by atoms with Crippen molar-refractivity contribution in [2.75, 3.05) is 6.54 Å². The summed E-state index contributed by atoms with van der Waals surface area (Å²) in [6.07, 6.45) is 11.3. The fraction of sp³-hybridized carbons (Fsp3) is 0.300. The molecule has 27 heavy (non-hydrogen) atoms. The number of carbonyl (C=O) groups excluding carboxylic acids is 1. The number of amides is 1. The normalized spacial score (nSPS) is 13.1. The average Bonchev–Trinajstić information content (AvgIpc) is 3.43. The number of halogens is 1. The summed E-state index contributed by atoms with van der Waals surface area (Å²) >= 11 is 0. The van der Waals surface area contributed by atoms with Gasteiger partial charge < -0.3 is 5.32 Å². The van der Waals surface area contributed by atoms with Crippen LogP contribution in [0.4, 0.5) is 0 Å². The Morgan fingerprint density at radius 3 is 2.67 bits per heavy atom. The molecule has 3 heterocycles. The van der Waals surface area contributed by atoms with E-state index in [0.29, 0.717) is 24.6 Å². The highest BCUT2D eigenvalue weighted by molar-refractivity contribution is 5.93. The zero-order valence-corrected chi connectivity index (χ0v) is 15.9. The van der Waals surface area contributed by atoms with Crippen LogP contribution in [-0.4, -0.2) is 32.2 Å². The SMILES string of the molecule is Cc1cnccc1-c1cnn(CCNC(=O)c2cccnc2)c1C1CC1.Cl. The Labute approximate surface area is 164 Å². The lowest BCUT2D eigenvalue weighted by atomic mass is 10.0. The van der Waals surface area contributed by atoms with Crippen LogP contribution in [0.15, 0.2) is 49.2 Å². The molecule has 0 unspecified atom stereocenters. The molecule has 0 saturated heterocycles. The molecule has 1 aliphatic rings. The zero-order chi connectivity index (χ0) is 17.9. The van der Waals surface area contributed by atoms with Gasteiger partial charge in [-0.15, -0.1) is 12.4 Å². The molecule has 3 aromatic heterocycles. The number of hydrogen-bond acceptors (Lipinski definition) is 4. The van der Waals surface area contributed by atoms with Crippen molar-refractivity contribution in [1.82, 2.24) is 25.1 Å². The molecule has 1 aliphatic carbocycles. The minimum absolute atomic E-state index is 0. The van der Waals surface area contributed by atoms with Crippen LogP contribution in [0.2, 0.25) is 0 Å². The van der Waals surface area contributed by atoms with E-state index in [2.05, 4.69) is 27.3 Å². The van der Waals surface area contributed by atoms with E-state index in [4.69, 9.17) is 0 Å². The molecule has 3 aromatic rings. The Morgan fingerprint density at radius 1 is 1.15 bits per heavy atom. The quantitative estimate of drug-likeness (QED) is 0.708. The minimum Gasteiger partial charge on any atom is -0.350 e. The molecule has 6 nitrogen and oxygen atoms in total. The van der Waals surface area contributed by atoms with Crippen molar-refractivity contribution in [3.05, 3.63) is 66.0 Å². The molecular formula is C20H22ClN5O. The first-order valence-corrected chi connectivity index (χ1v) is 8.89. The first kappa shape index (κ1) is 19.0. The van der Waals surface area contributed by atoms with Crippen molar-refractivity contribution in [1.29, 1.82) is 0 Å². The number of hydrogen-bond donors (Lipinski definition) is 1. The molecule has 0 atom stereocenters. The molecular weight excluding hydrogens is 362 g/mol. The van der Waals surface area contributed by atoms with E-state index >= 15 is 0 Å². The average molecular weight is 384 g/mol. The zero-order valence-electron chi connectivity index (χ0n) is 15.1. The Kier molecular flexibility index (Phi) is 5.86. The number of aromatic nitrogens is 4. The fourth-order valence-corrected chi connectivity index (χ4v) is 3.22.